The van der Waals surface area contributed by atoms with E-state index in [0.717, 1.165) is 14.7 Å². The lowest BCUT2D eigenvalue weighted by atomic mass is 10.3. The normalized spacial score (nSPS) is 11.5. The van der Waals surface area contributed by atoms with Gasteiger partial charge in [-0.25, -0.2) is 13.8 Å². The molecule has 0 saturated carbocycles. The van der Waals surface area contributed by atoms with Crippen molar-refractivity contribution in [2.24, 2.45) is 5.10 Å². The molecule has 3 aromatic rings. The summed E-state index contributed by atoms with van der Waals surface area (Å²) in [5, 5.41) is 6.29. The van der Waals surface area contributed by atoms with E-state index >= 15 is 0 Å². The van der Waals surface area contributed by atoms with E-state index in [9.17, 15) is 13.2 Å². The fourth-order valence-electron chi connectivity index (χ4n) is 2.82. The van der Waals surface area contributed by atoms with Crippen LogP contribution in [-0.4, -0.2) is 33.7 Å². The van der Waals surface area contributed by atoms with Crippen LogP contribution in [0.1, 0.15) is 17.4 Å². The summed E-state index contributed by atoms with van der Waals surface area (Å²) < 4.78 is 33.5. The molecule has 0 aliphatic rings. The molecule has 0 spiro atoms. The van der Waals surface area contributed by atoms with Crippen molar-refractivity contribution >= 4 is 50.8 Å². The third-order valence-electron chi connectivity index (χ3n) is 4.40. The first-order valence-corrected chi connectivity index (χ1v) is 12.4. The van der Waals surface area contributed by atoms with Gasteiger partial charge < -0.3 is 4.74 Å². The summed E-state index contributed by atoms with van der Waals surface area (Å²) in [6, 6.07) is 14.3. The molecule has 168 valence electrons. The van der Waals surface area contributed by atoms with E-state index in [1.165, 1.54) is 41.8 Å². The Morgan fingerprint density at radius 1 is 1.19 bits per heavy atom. The maximum absolute atomic E-state index is 13.5. The van der Waals surface area contributed by atoms with Crippen LogP contribution in [0.25, 0.3) is 0 Å². The lowest BCUT2D eigenvalue weighted by Gasteiger charge is -2.25. The van der Waals surface area contributed by atoms with Gasteiger partial charge in [-0.1, -0.05) is 23.7 Å². The van der Waals surface area contributed by atoms with Crippen molar-refractivity contribution in [3.05, 3.63) is 75.4 Å². The van der Waals surface area contributed by atoms with E-state index < -0.39 is 22.5 Å². The number of hydrazone groups is 1. The first-order valence-electron chi connectivity index (χ1n) is 9.69. The van der Waals surface area contributed by atoms with Crippen LogP contribution in [-0.2, 0) is 14.8 Å². The van der Waals surface area contributed by atoms with E-state index in [0.29, 0.717) is 17.4 Å². The van der Waals surface area contributed by atoms with Crippen LogP contribution in [0.4, 0.5) is 5.69 Å². The first kappa shape index (κ1) is 23.8. The predicted octanol–water partition coefficient (Wildman–Crippen LogP) is 4.45. The second kappa shape index (κ2) is 10.6. The number of thiophene rings is 1. The SMILES string of the molecule is CCOc1ccccc1N(CC(=O)N/N=C\c1sccc1C)S(=O)(=O)c1ccc(Cl)cc1. The van der Waals surface area contributed by atoms with Crippen molar-refractivity contribution in [3.63, 3.8) is 0 Å². The topological polar surface area (TPSA) is 88.1 Å². The number of ether oxygens (including phenoxy) is 1. The Labute approximate surface area is 196 Å². The van der Waals surface area contributed by atoms with Gasteiger partial charge in [0.05, 0.1) is 23.4 Å². The van der Waals surface area contributed by atoms with E-state index in [-0.39, 0.29) is 10.6 Å². The number of para-hydroxylation sites is 2. The number of sulfonamides is 1. The molecule has 1 aromatic heterocycles. The molecule has 0 radical (unpaired) electrons. The van der Waals surface area contributed by atoms with Gasteiger partial charge in [0.1, 0.15) is 12.3 Å². The van der Waals surface area contributed by atoms with Gasteiger partial charge in [-0.2, -0.15) is 5.10 Å². The molecule has 7 nitrogen and oxygen atoms in total. The molecule has 0 aliphatic heterocycles. The van der Waals surface area contributed by atoms with Gasteiger partial charge in [-0.15, -0.1) is 11.3 Å². The molecule has 0 fully saturated rings. The fraction of sp³-hybridized carbons (Fsp3) is 0.182. The number of anilines is 1. The zero-order chi connectivity index (χ0) is 23.1. The Kier molecular flexibility index (Phi) is 7.89. The molecule has 10 heteroatoms. The van der Waals surface area contributed by atoms with Crippen LogP contribution in [0.3, 0.4) is 0 Å². The summed E-state index contributed by atoms with van der Waals surface area (Å²) in [5.74, 6) is -0.252. The summed E-state index contributed by atoms with van der Waals surface area (Å²) in [6.45, 7) is 3.58. The van der Waals surface area contributed by atoms with Gasteiger partial charge in [-0.05, 0) is 67.3 Å². The molecule has 0 bridgehead atoms. The van der Waals surface area contributed by atoms with Crippen molar-refractivity contribution in [2.45, 2.75) is 18.7 Å². The van der Waals surface area contributed by atoms with Gasteiger partial charge in [0, 0.05) is 9.90 Å². The van der Waals surface area contributed by atoms with Crippen molar-refractivity contribution in [3.8, 4) is 5.75 Å². The van der Waals surface area contributed by atoms with Crippen LogP contribution in [0, 0.1) is 6.92 Å². The summed E-state index contributed by atoms with van der Waals surface area (Å²) in [6.07, 6.45) is 1.53. The van der Waals surface area contributed by atoms with Crippen LogP contribution in [0.5, 0.6) is 5.75 Å². The van der Waals surface area contributed by atoms with Gasteiger partial charge >= 0.3 is 0 Å². The van der Waals surface area contributed by atoms with Crippen molar-refractivity contribution in [1.82, 2.24) is 5.43 Å². The Balaban J connectivity index is 1.92. The van der Waals surface area contributed by atoms with Gasteiger partial charge in [-0.3, -0.25) is 9.10 Å². The number of nitrogens with zero attached hydrogens (tertiary/aromatic N) is 2. The number of aryl methyl sites for hydroxylation is 1. The second-order valence-electron chi connectivity index (χ2n) is 6.63. The molecular weight excluding hydrogens is 470 g/mol. The number of carbonyl (C=O) groups is 1. The molecule has 0 aliphatic carbocycles. The highest BCUT2D eigenvalue weighted by atomic mass is 35.5. The van der Waals surface area contributed by atoms with Crippen LogP contribution in [0.2, 0.25) is 5.02 Å². The maximum atomic E-state index is 13.5. The number of carbonyl (C=O) groups excluding carboxylic acids is 1. The number of halogens is 1. The number of nitrogens with one attached hydrogen (secondary N) is 1. The zero-order valence-electron chi connectivity index (χ0n) is 17.5. The first-order chi connectivity index (χ1) is 15.3. The molecule has 2 aromatic carbocycles. The third-order valence-corrected chi connectivity index (χ3v) is 7.37. The van der Waals surface area contributed by atoms with Crippen LogP contribution >= 0.6 is 22.9 Å². The number of benzene rings is 2. The lowest BCUT2D eigenvalue weighted by Crippen LogP contribution is -2.39. The Hall–Kier alpha value is -2.88. The quantitative estimate of drug-likeness (QED) is 0.353. The zero-order valence-corrected chi connectivity index (χ0v) is 19.9. The summed E-state index contributed by atoms with van der Waals surface area (Å²) in [7, 11) is -4.10. The Morgan fingerprint density at radius 2 is 1.91 bits per heavy atom. The number of rotatable bonds is 9. The fourth-order valence-corrected chi connectivity index (χ4v) is 5.16. The lowest BCUT2D eigenvalue weighted by molar-refractivity contribution is -0.119. The summed E-state index contributed by atoms with van der Waals surface area (Å²) >= 11 is 7.40. The van der Waals surface area contributed by atoms with Crippen LogP contribution < -0.4 is 14.5 Å². The molecule has 1 heterocycles. The van der Waals surface area contributed by atoms with Gasteiger partial charge in [0.15, 0.2) is 0 Å². The molecule has 0 saturated heterocycles. The largest absolute Gasteiger partial charge is 0.492 e. The number of hydrogen-bond donors (Lipinski definition) is 1. The second-order valence-corrected chi connectivity index (χ2v) is 9.87. The highest BCUT2D eigenvalue weighted by molar-refractivity contribution is 7.92. The molecule has 0 atom stereocenters. The average molecular weight is 492 g/mol. The van der Waals surface area contributed by atoms with Crippen LogP contribution in [0.15, 0.2) is 70.0 Å². The highest BCUT2D eigenvalue weighted by Gasteiger charge is 2.29. The molecule has 1 N–H and O–H groups in total. The molecule has 1 amide bonds. The van der Waals surface area contributed by atoms with E-state index in [1.807, 2.05) is 18.4 Å². The predicted molar refractivity (Wildman–Crippen MR) is 128 cm³/mol. The third kappa shape index (κ3) is 5.67. The Morgan fingerprint density at radius 3 is 2.56 bits per heavy atom. The maximum Gasteiger partial charge on any atom is 0.264 e. The van der Waals surface area contributed by atoms with Gasteiger partial charge in [0.25, 0.3) is 15.9 Å². The minimum Gasteiger partial charge on any atom is -0.492 e. The highest BCUT2D eigenvalue weighted by Crippen LogP contribution is 2.32. The summed E-state index contributed by atoms with van der Waals surface area (Å²) in [5.41, 5.74) is 3.68. The molecular formula is C22H22ClN3O4S2. The monoisotopic (exact) mass is 491 g/mol. The minimum absolute atomic E-state index is 0.00119. The van der Waals surface area contributed by atoms with E-state index in [4.69, 9.17) is 16.3 Å². The number of hydrogen-bond acceptors (Lipinski definition) is 6. The van der Waals surface area contributed by atoms with E-state index in [2.05, 4.69) is 10.5 Å². The minimum atomic E-state index is -4.10. The van der Waals surface area contributed by atoms with Crippen molar-refractivity contribution in [1.29, 1.82) is 0 Å². The summed E-state index contributed by atoms with van der Waals surface area (Å²) in [4.78, 5) is 13.6. The Bertz CT molecular complexity index is 1210. The number of amides is 1. The molecule has 3 rings (SSSR count). The average Bonchev–Trinajstić information content (AvgIpc) is 3.18. The van der Waals surface area contributed by atoms with Crippen molar-refractivity contribution < 1.29 is 17.9 Å². The van der Waals surface area contributed by atoms with Gasteiger partial charge in [0.2, 0.25) is 0 Å². The van der Waals surface area contributed by atoms with Crippen molar-refractivity contribution in [2.75, 3.05) is 17.5 Å². The standard InChI is InChI=1S/C22H22ClN3O4S2/c1-3-30-20-7-5-4-6-19(20)26(32(28,29)18-10-8-17(23)9-11-18)15-22(27)25-24-14-21-16(2)12-13-31-21/h4-14H,3,15H2,1-2H3,(H,25,27)/b24-14-. The smallest absolute Gasteiger partial charge is 0.264 e. The molecule has 0 unspecified atom stereocenters. The molecule has 32 heavy (non-hydrogen) atoms. The van der Waals surface area contributed by atoms with E-state index in [1.54, 1.807) is 31.2 Å².